The van der Waals surface area contributed by atoms with E-state index in [2.05, 4.69) is 5.32 Å². The van der Waals surface area contributed by atoms with Gasteiger partial charge in [0, 0.05) is 12.1 Å². The molecule has 0 radical (unpaired) electrons. The lowest BCUT2D eigenvalue weighted by Gasteiger charge is -2.06. The molecule has 0 aromatic rings. The van der Waals surface area contributed by atoms with Crippen molar-refractivity contribution in [3.05, 3.63) is 11.1 Å². The molecule has 0 aromatic heterocycles. The molecule has 64 valence electrons. The van der Waals surface area contributed by atoms with Gasteiger partial charge in [-0.3, -0.25) is 4.79 Å². The maximum atomic E-state index is 11.2. The summed E-state index contributed by atoms with van der Waals surface area (Å²) in [6.07, 6.45) is 0.814. The van der Waals surface area contributed by atoms with Crippen LogP contribution in [0.5, 0.6) is 0 Å². The molecule has 0 saturated carbocycles. The Hall–Kier alpha value is -0.790. The van der Waals surface area contributed by atoms with Crippen LogP contribution in [0.3, 0.4) is 0 Å². The van der Waals surface area contributed by atoms with E-state index in [1.807, 2.05) is 27.7 Å². The maximum Gasteiger partial charge on any atom is 0.247 e. The summed E-state index contributed by atoms with van der Waals surface area (Å²) < 4.78 is 0. The first-order valence-corrected chi connectivity index (χ1v) is 4.08. The Morgan fingerprint density at radius 3 is 2.09 bits per heavy atom. The zero-order valence-corrected chi connectivity index (χ0v) is 7.82. The zero-order valence-electron chi connectivity index (χ0n) is 7.82. The lowest BCUT2D eigenvalue weighted by Crippen LogP contribution is -2.24. The second kappa shape index (κ2) is 4.94. The summed E-state index contributed by atoms with van der Waals surface area (Å²) in [4.78, 5) is 11.2. The summed E-state index contributed by atoms with van der Waals surface area (Å²) in [5.41, 5.74) is 2.02. The molecule has 0 aliphatic carbocycles. The van der Waals surface area contributed by atoms with Gasteiger partial charge in [0.05, 0.1) is 0 Å². The normalized spacial score (nSPS) is 9.09. The molecule has 0 aromatic carbocycles. The molecule has 0 heterocycles. The Labute approximate surface area is 68.7 Å². The Morgan fingerprint density at radius 1 is 1.27 bits per heavy atom. The lowest BCUT2D eigenvalue weighted by molar-refractivity contribution is -0.117. The van der Waals surface area contributed by atoms with Gasteiger partial charge < -0.3 is 5.32 Å². The van der Waals surface area contributed by atoms with Gasteiger partial charge in [-0.2, -0.15) is 0 Å². The van der Waals surface area contributed by atoms with Gasteiger partial charge in [-0.15, -0.1) is 0 Å². The van der Waals surface area contributed by atoms with Crippen molar-refractivity contribution in [1.82, 2.24) is 5.32 Å². The molecule has 0 aliphatic rings. The van der Waals surface area contributed by atoms with Crippen molar-refractivity contribution < 1.29 is 4.79 Å². The number of carbonyl (C=O) groups excluding carboxylic acids is 1. The van der Waals surface area contributed by atoms with Crippen LogP contribution in [0.15, 0.2) is 11.1 Å². The Kier molecular flexibility index (Phi) is 4.59. The van der Waals surface area contributed by atoms with Crippen LogP contribution in [0.25, 0.3) is 0 Å². The fourth-order valence-corrected chi connectivity index (χ4v) is 1.01. The average Bonchev–Trinajstić information content (AvgIpc) is 1.88. The summed E-state index contributed by atoms with van der Waals surface area (Å²) in [6, 6.07) is 0. The minimum atomic E-state index is 0.0787. The second-order valence-corrected chi connectivity index (χ2v) is 2.69. The first-order valence-electron chi connectivity index (χ1n) is 4.08. The van der Waals surface area contributed by atoms with E-state index in [9.17, 15) is 4.79 Å². The van der Waals surface area contributed by atoms with Gasteiger partial charge in [0.15, 0.2) is 0 Å². The average molecular weight is 155 g/mol. The van der Waals surface area contributed by atoms with Crippen LogP contribution in [-0.2, 0) is 4.79 Å². The van der Waals surface area contributed by atoms with Crippen LogP contribution in [0.4, 0.5) is 0 Å². The van der Waals surface area contributed by atoms with E-state index in [0.29, 0.717) is 6.54 Å². The molecule has 0 bridgehead atoms. The van der Waals surface area contributed by atoms with Crippen LogP contribution in [-0.4, -0.2) is 12.5 Å². The van der Waals surface area contributed by atoms with Gasteiger partial charge in [-0.05, 0) is 27.2 Å². The number of likely N-dealkylation sites (N-methyl/N-ethyl adjacent to an activating group) is 1. The van der Waals surface area contributed by atoms with Crippen molar-refractivity contribution in [2.45, 2.75) is 34.1 Å². The summed E-state index contributed by atoms with van der Waals surface area (Å²) >= 11 is 0. The molecule has 0 aliphatic heterocycles. The van der Waals surface area contributed by atoms with Crippen LogP contribution in [0.2, 0.25) is 0 Å². The van der Waals surface area contributed by atoms with E-state index in [4.69, 9.17) is 0 Å². The molecule has 0 atom stereocenters. The third-order valence-corrected chi connectivity index (χ3v) is 1.57. The highest BCUT2D eigenvalue weighted by atomic mass is 16.1. The van der Waals surface area contributed by atoms with Gasteiger partial charge in [0.2, 0.25) is 5.91 Å². The SMILES string of the molecule is CCNC(=O)C(CC)=C(C)C. The molecule has 1 amide bonds. The molecule has 1 N–H and O–H groups in total. The highest BCUT2D eigenvalue weighted by Crippen LogP contribution is 2.06. The highest BCUT2D eigenvalue weighted by Gasteiger charge is 2.06. The number of nitrogens with one attached hydrogen (secondary N) is 1. The third-order valence-electron chi connectivity index (χ3n) is 1.57. The predicted octanol–water partition coefficient (Wildman–Crippen LogP) is 1.87. The van der Waals surface area contributed by atoms with Crippen molar-refractivity contribution >= 4 is 5.91 Å². The molecule has 0 fully saturated rings. The first kappa shape index (κ1) is 10.2. The van der Waals surface area contributed by atoms with Crippen LogP contribution in [0, 0.1) is 0 Å². The Morgan fingerprint density at radius 2 is 1.82 bits per heavy atom. The minimum Gasteiger partial charge on any atom is -0.353 e. The van der Waals surface area contributed by atoms with Crippen molar-refractivity contribution in [3.8, 4) is 0 Å². The summed E-state index contributed by atoms with van der Waals surface area (Å²) in [6.45, 7) is 8.56. The number of hydrogen-bond acceptors (Lipinski definition) is 1. The number of rotatable bonds is 3. The number of carbonyl (C=O) groups is 1. The minimum absolute atomic E-state index is 0.0787. The molecular formula is C9H17NO. The topological polar surface area (TPSA) is 29.1 Å². The second-order valence-electron chi connectivity index (χ2n) is 2.69. The maximum absolute atomic E-state index is 11.2. The fourth-order valence-electron chi connectivity index (χ4n) is 1.01. The van der Waals surface area contributed by atoms with Crippen molar-refractivity contribution in [2.24, 2.45) is 0 Å². The van der Waals surface area contributed by atoms with Gasteiger partial charge in [0.25, 0.3) is 0 Å². The van der Waals surface area contributed by atoms with Gasteiger partial charge in [0.1, 0.15) is 0 Å². The van der Waals surface area contributed by atoms with Crippen molar-refractivity contribution in [1.29, 1.82) is 0 Å². The van der Waals surface area contributed by atoms with Crippen LogP contribution >= 0.6 is 0 Å². The fraction of sp³-hybridized carbons (Fsp3) is 0.667. The first-order chi connectivity index (χ1) is 5.13. The van der Waals surface area contributed by atoms with E-state index >= 15 is 0 Å². The van der Waals surface area contributed by atoms with Crippen molar-refractivity contribution in [2.75, 3.05) is 6.54 Å². The lowest BCUT2D eigenvalue weighted by atomic mass is 10.1. The standard InChI is InChI=1S/C9H17NO/c1-5-8(7(3)4)9(11)10-6-2/h5-6H2,1-4H3,(H,10,11). The van der Waals surface area contributed by atoms with E-state index < -0.39 is 0 Å². The quantitative estimate of drug-likeness (QED) is 0.619. The third kappa shape index (κ3) is 3.21. The van der Waals surface area contributed by atoms with Gasteiger partial charge in [-0.1, -0.05) is 12.5 Å². The van der Waals surface area contributed by atoms with E-state index in [-0.39, 0.29) is 5.91 Å². The Bertz CT molecular complexity index is 166. The summed E-state index contributed by atoms with van der Waals surface area (Å²) in [7, 11) is 0. The van der Waals surface area contributed by atoms with Crippen LogP contribution in [0.1, 0.15) is 34.1 Å². The van der Waals surface area contributed by atoms with E-state index in [1.54, 1.807) is 0 Å². The number of amides is 1. The summed E-state index contributed by atoms with van der Waals surface area (Å²) in [5, 5.41) is 2.78. The molecule has 2 heteroatoms. The predicted molar refractivity (Wildman–Crippen MR) is 47.3 cm³/mol. The van der Waals surface area contributed by atoms with E-state index in [0.717, 1.165) is 17.6 Å². The van der Waals surface area contributed by atoms with Gasteiger partial charge >= 0.3 is 0 Å². The van der Waals surface area contributed by atoms with Crippen LogP contribution < -0.4 is 5.32 Å². The van der Waals surface area contributed by atoms with E-state index in [1.165, 1.54) is 0 Å². The summed E-state index contributed by atoms with van der Waals surface area (Å²) in [5.74, 6) is 0.0787. The largest absolute Gasteiger partial charge is 0.353 e. The molecule has 0 rings (SSSR count). The number of hydrogen-bond donors (Lipinski definition) is 1. The zero-order chi connectivity index (χ0) is 8.85. The monoisotopic (exact) mass is 155 g/mol. The Balaban J connectivity index is 4.28. The highest BCUT2D eigenvalue weighted by molar-refractivity contribution is 5.93. The smallest absolute Gasteiger partial charge is 0.247 e. The van der Waals surface area contributed by atoms with Crippen molar-refractivity contribution in [3.63, 3.8) is 0 Å². The molecule has 11 heavy (non-hydrogen) atoms. The molecule has 2 nitrogen and oxygen atoms in total. The number of allylic oxidation sites excluding steroid dienone is 1. The molecule has 0 unspecified atom stereocenters. The molecule has 0 spiro atoms. The molecule has 0 saturated heterocycles. The van der Waals surface area contributed by atoms with Gasteiger partial charge in [-0.25, -0.2) is 0 Å². The molecular weight excluding hydrogens is 138 g/mol.